The number of hydrogen-bond acceptors (Lipinski definition) is 3. The van der Waals surface area contributed by atoms with E-state index in [-0.39, 0.29) is 5.92 Å². The summed E-state index contributed by atoms with van der Waals surface area (Å²) >= 11 is 8.03. The van der Waals surface area contributed by atoms with Gasteiger partial charge in [0.2, 0.25) is 0 Å². The van der Waals surface area contributed by atoms with Crippen LogP contribution in [0.15, 0.2) is 259 Å². The minimum atomic E-state index is -0.199. The van der Waals surface area contributed by atoms with Crippen LogP contribution in [0.1, 0.15) is 22.6 Å². The third kappa shape index (κ3) is 7.84. The fourth-order valence-corrected chi connectivity index (χ4v) is 9.51. The van der Waals surface area contributed by atoms with E-state index in [4.69, 9.17) is 16.0 Å². The molecule has 65 heavy (non-hydrogen) atoms. The molecule has 3 nitrogen and oxygen atoms in total. The average Bonchev–Trinajstić information content (AvgIpc) is 3.75. The van der Waals surface area contributed by atoms with Crippen LogP contribution in [0.25, 0.3) is 44.2 Å². The molecule has 0 saturated carbocycles. The zero-order valence-corrected chi connectivity index (χ0v) is 36.3. The lowest BCUT2D eigenvalue weighted by Gasteiger charge is -2.31. The van der Waals surface area contributed by atoms with Gasteiger partial charge < -0.3 is 14.2 Å². The summed E-state index contributed by atoms with van der Waals surface area (Å²) in [7, 11) is 0. The fourth-order valence-electron chi connectivity index (χ4n) is 9.19. The molecule has 0 spiro atoms. The molecule has 11 aromatic rings. The van der Waals surface area contributed by atoms with E-state index in [1.807, 2.05) is 12.1 Å². The molecule has 0 unspecified atom stereocenters. The number of anilines is 6. The maximum atomic E-state index is 8.03. The molecule has 0 aliphatic carbocycles. The summed E-state index contributed by atoms with van der Waals surface area (Å²) in [5, 5.41) is 2.77. The lowest BCUT2D eigenvalue weighted by molar-refractivity contribution is 0.669. The fraction of sp³-hybridized carbons (Fsp3) is 0.0164. The minimum Gasteiger partial charge on any atom is -0.456 e. The summed E-state index contributed by atoms with van der Waals surface area (Å²) < 4.78 is 6.35. The summed E-state index contributed by atoms with van der Waals surface area (Å²) in [6.07, 6.45) is 0. The molecule has 0 bridgehead atoms. The summed E-state index contributed by atoms with van der Waals surface area (Å²) in [6.45, 7) is 0. The van der Waals surface area contributed by atoms with Crippen molar-refractivity contribution in [1.29, 1.82) is 0 Å². The van der Waals surface area contributed by atoms with E-state index in [9.17, 15) is 0 Å². The highest BCUT2D eigenvalue weighted by atomic mass is 35.5. The molecule has 11 rings (SSSR count). The number of hydrogen-bond donors (Lipinski definition) is 0. The summed E-state index contributed by atoms with van der Waals surface area (Å²) in [6, 6.07) is 89.9. The Hall–Kier alpha value is -8.11. The van der Waals surface area contributed by atoms with Crippen molar-refractivity contribution in [2.24, 2.45) is 0 Å². The van der Waals surface area contributed by atoms with Crippen LogP contribution < -0.4 is 9.80 Å². The minimum absolute atomic E-state index is 0.199. The third-order valence-electron chi connectivity index (χ3n) is 12.2. The van der Waals surface area contributed by atoms with Gasteiger partial charge in [-0.1, -0.05) is 194 Å². The molecule has 4 heteroatoms. The lowest BCUT2D eigenvalue weighted by Crippen LogP contribution is -2.14. The first kappa shape index (κ1) is 39.7. The van der Waals surface area contributed by atoms with Gasteiger partial charge in [0.1, 0.15) is 11.2 Å². The van der Waals surface area contributed by atoms with E-state index >= 15 is 0 Å². The first-order valence-electron chi connectivity index (χ1n) is 22.0. The Balaban J connectivity index is 1.12. The first-order chi connectivity index (χ1) is 32.2. The molecule has 1 aromatic heterocycles. The van der Waals surface area contributed by atoms with E-state index in [1.54, 1.807) is 0 Å². The summed E-state index contributed by atoms with van der Waals surface area (Å²) in [5.41, 5.74) is 15.5. The van der Waals surface area contributed by atoms with Gasteiger partial charge in [0.25, 0.3) is 0 Å². The molecule has 0 N–H and O–H groups in total. The lowest BCUT2D eigenvalue weighted by atomic mass is 9.82. The number of rotatable bonds is 11. The number of fused-ring (bicyclic) bond motifs is 3. The highest BCUT2D eigenvalue weighted by molar-refractivity contribution is 6.34. The molecular weight excluding hydrogens is 812 g/mol. The second kappa shape index (κ2) is 17.6. The van der Waals surface area contributed by atoms with Crippen molar-refractivity contribution in [3.05, 3.63) is 277 Å². The van der Waals surface area contributed by atoms with Gasteiger partial charge in [-0.15, -0.1) is 0 Å². The van der Waals surface area contributed by atoms with E-state index in [0.717, 1.165) is 83.9 Å². The van der Waals surface area contributed by atoms with Gasteiger partial charge >= 0.3 is 0 Å². The molecule has 1 heterocycles. The smallest absolute Gasteiger partial charge is 0.135 e. The topological polar surface area (TPSA) is 19.6 Å². The molecule has 10 aromatic carbocycles. The third-order valence-corrected chi connectivity index (χ3v) is 12.6. The second-order valence-electron chi connectivity index (χ2n) is 16.2. The monoisotopic (exact) mass is 854 g/mol. The largest absolute Gasteiger partial charge is 0.456 e. The van der Waals surface area contributed by atoms with Gasteiger partial charge in [-0.05, 0) is 112 Å². The zero-order chi connectivity index (χ0) is 43.5. The van der Waals surface area contributed by atoms with Gasteiger partial charge in [0.15, 0.2) is 0 Å². The zero-order valence-electron chi connectivity index (χ0n) is 35.5. The van der Waals surface area contributed by atoms with E-state index in [1.165, 1.54) is 11.1 Å². The molecule has 0 radical (unpaired) electrons. The number of halogens is 1. The Morgan fingerprint density at radius 3 is 1.40 bits per heavy atom. The van der Waals surface area contributed by atoms with Crippen LogP contribution in [0.4, 0.5) is 34.1 Å². The van der Waals surface area contributed by atoms with Crippen molar-refractivity contribution in [3.63, 3.8) is 0 Å². The predicted molar refractivity (Wildman–Crippen MR) is 273 cm³/mol. The van der Waals surface area contributed by atoms with Crippen molar-refractivity contribution in [1.82, 2.24) is 0 Å². The molecule has 310 valence electrons. The van der Waals surface area contributed by atoms with Crippen LogP contribution in [0, 0.1) is 0 Å². The normalized spacial score (nSPS) is 11.3. The second-order valence-corrected chi connectivity index (χ2v) is 16.6. The van der Waals surface area contributed by atoms with Gasteiger partial charge in [-0.25, -0.2) is 0 Å². The van der Waals surface area contributed by atoms with Crippen LogP contribution in [0.3, 0.4) is 0 Å². The number of nitrogens with zero attached hydrogens (tertiary/aromatic N) is 2. The molecule has 0 aliphatic rings. The van der Waals surface area contributed by atoms with Crippen molar-refractivity contribution in [2.75, 3.05) is 9.80 Å². The number of para-hydroxylation sites is 3. The predicted octanol–water partition coefficient (Wildman–Crippen LogP) is 17.7. The Morgan fingerprint density at radius 2 is 0.785 bits per heavy atom. The van der Waals surface area contributed by atoms with Crippen molar-refractivity contribution in [2.45, 2.75) is 5.92 Å². The molecule has 0 amide bonds. The van der Waals surface area contributed by atoms with Gasteiger partial charge in [0, 0.05) is 45.1 Å². The maximum absolute atomic E-state index is 8.03. The van der Waals surface area contributed by atoms with Gasteiger partial charge in [0.05, 0.1) is 10.7 Å². The molecular formula is C61H43ClN2O. The van der Waals surface area contributed by atoms with Crippen molar-refractivity contribution >= 4 is 67.7 Å². The van der Waals surface area contributed by atoms with Crippen molar-refractivity contribution in [3.8, 4) is 22.3 Å². The standard InChI is InChI=1S/C61H43ClN2O/c62-61-55(60(47-25-15-23-45(39-47)43-19-5-1-6-20-43)48-26-16-24-46(40-48)44-21-7-2-8-22-44)34-18-35-57(61)64(53-37-38-59-56(42-53)54-33-13-14-36-58(54)65-59)52-32-17-31-51(41-52)63(49-27-9-3-10-28-49)50-29-11-4-12-30-50/h1-42,60H. The van der Waals surface area contributed by atoms with Crippen LogP contribution in [0.5, 0.6) is 0 Å². The van der Waals surface area contributed by atoms with Crippen LogP contribution in [-0.4, -0.2) is 0 Å². The molecule has 0 aliphatic heterocycles. The molecule has 0 saturated heterocycles. The Kier molecular flexibility index (Phi) is 10.7. The average molecular weight is 855 g/mol. The molecule has 0 fully saturated rings. The van der Waals surface area contributed by atoms with Crippen LogP contribution in [0.2, 0.25) is 5.02 Å². The Labute approximate surface area is 384 Å². The quantitative estimate of drug-likeness (QED) is 0.121. The van der Waals surface area contributed by atoms with E-state index < -0.39 is 0 Å². The maximum Gasteiger partial charge on any atom is 0.135 e. The first-order valence-corrected chi connectivity index (χ1v) is 22.3. The van der Waals surface area contributed by atoms with Gasteiger partial charge in [-0.2, -0.15) is 0 Å². The number of benzene rings is 10. The van der Waals surface area contributed by atoms with Crippen molar-refractivity contribution < 1.29 is 4.42 Å². The highest BCUT2D eigenvalue weighted by Crippen LogP contribution is 2.48. The SMILES string of the molecule is Clc1c(C(c2cccc(-c3ccccc3)c2)c2cccc(-c3ccccc3)c2)cccc1N(c1cccc(N(c2ccccc2)c2ccccc2)c1)c1ccc2oc3ccccc3c2c1. The summed E-state index contributed by atoms with van der Waals surface area (Å²) in [5.74, 6) is -0.199. The summed E-state index contributed by atoms with van der Waals surface area (Å²) in [4.78, 5) is 4.59. The Bertz CT molecular complexity index is 3280. The molecule has 0 atom stereocenters. The Morgan fingerprint density at radius 1 is 0.323 bits per heavy atom. The van der Waals surface area contributed by atoms with Gasteiger partial charge in [-0.3, -0.25) is 0 Å². The highest BCUT2D eigenvalue weighted by Gasteiger charge is 2.26. The van der Waals surface area contributed by atoms with Crippen LogP contribution >= 0.6 is 11.6 Å². The van der Waals surface area contributed by atoms with E-state index in [2.05, 4.69) is 252 Å². The number of furan rings is 1. The van der Waals surface area contributed by atoms with E-state index in [0.29, 0.717) is 5.02 Å². The van der Waals surface area contributed by atoms with Crippen LogP contribution in [-0.2, 0) is 0 Å².